The second-order valence-electron chi connectivity index (χ2n) is 4.24. The van der Waals surface area contributed by atoms with Crippen LogP contribution in [0.3, 0.4) is 0 Å². The van der Waals surface area contributed by atoms with Gasteiger partial charge in [0.1, 0.15) is 11.6 Å². The van der Waals surface area contributed by atoms with Gasteiger partial charge in [-0.15, -0.1) is 0 Å². The van der Waals surface area contributed by atoms with Gasteiger partial charge in [0.25, 0.3) is 0 Å². The predicted molar refractivity (Wildman–Crippen MR) is 70.3 cm³/mol. The Morgan fingerprint density at radius 1 is 1.00 bits per heavy atom. The van der Waals surface area contributed by atoms with E-state index in [-0.39, 0.29) is 0 Å². The molecule has 0 saturated carbocycles. The van der Waals surface area contributed by atoms with E-state index in [1.807, 2.05) is 0 Å². The third kappa shape index (κ3) is 5.29. The van der Waals surface area contributed by atoms with Gasteiger partial charge in [-0.3, -0.25) is 4.90 Å². The van der Waals surface area contributed by atoms with Crippen LogP contribution in [0.1, 0.15) is 32.3 Å². The van der Waals surface area contributed by atoms with E-state index < -0.39 is 11.6 Å². The third-order valence-electron chi connectivity index (χ3n) is 2.48. The number of hydrogen-bond donors (Lipinski definition) is 0. The van der Waals surface area contributed by atoms with Crippen LogP contribution in [0.2, 0.25) is 0 Å². The summed E-state index contributed by atoms with van der Waals surface area (Å²) in [6, 6.07) is 3.35. The molecule has 1 nitrogen and oxygen atoms in total. The average Bonchev–Trinajstić information content (AvgIpc) is 2.28. The number of halogens is 2. The molecule has 0 aliphatic heterocycles. The summed E-state index contributed by atoms with van der Waals surface area (Å²) in [6.07, 6.45) is 2.16. The predicted octanol–water partition coefficient (Wildman–Crippen LogP) is 3.44. The maximum absolute atomic E-state index is 12.9. The number of hydrogen-bond acceptors (Lipinski definition) is 1. The number of benzene rings is 1. The molecule has 0 radical (unpaired) electrons. The van der Waals surface area contributed by atoms with Crippen molar-refractivity contribution in [2.45, 2.75) is 26.7 Å². The molecule has 0 fully saturated rings. The first-order valence-corrected chi connectivity index (χ1v) is 6.33. The van der Waals surface area contributed by atoms with Crippen LogP contribution < -0.4 is 0 Å². The van der Waals surface area contributed by atoms with Gasteiger partial charge < -0.3 is 0 Å². The van der Waals surface area contributed by atoms with Crippen molar-refractivity contribution >= 4 is 0 Å². The molecule has 3 heteroatoms. The van der Waals surface area contributed by atoms with E-state index in [0.717, 1.165) is 32.0 Å². The summed E-state index contributed by atoms with van der Waals surface area (Å²) in [5.74, 6) is 4.60. The normalized spacial score (nSPS) is 10.3. The van der Waals surface area contributed by atoms with Gasteiger partial charge >= 0.3 is 0 Å². The van der Waals surface area contributed by atoms with Gasteiger partial charge in [-0.05, 0) is 38.1 Å². The van der Waals surface area contributed by atoms with E-state index in [1.54, 1.807) is 0 Å². The molecule has 1 rings (SSSR count). The lowest BCUT2D eigenvalue weighted by molar-refractivity contribution is 0.308. The highest BCUT2D eigenvalue weighted by atomic mass is 19.1. The fourth-order valence-electron chi connectivity index (χ4n) is 1.78. The van der Waals surface area contributed by atoms with Crippen LogP contribution in [0.25, 0.3) is 0 Å². The lowest BCUT2D eigenvalue weighted by Crippen LogP contribution is -2.25. The van der Waals surface area contributed by atoms with E-state index in [9.17, 15) is 8.78 Å². The number of nitrogens with zero attached hydrogens (tertiary/aromatic N) is 1. The van der Waals surface area contributed by atoms with Crippen molar-refractivity contribution in [3.63, 3.8) is 0 Å². The second kappa shape index (κ2) is 7.84. The second-order valence-corrected chi connectivity index (χ2v) is 4.24. The van der Waals surface area contributed by atoms with Crippen molar-refractivity contribution in [3.8, 4) is 11.8 Å². The van der Waals surface area contributed by atoms with Crippen LogP contribution in [-0.2, 0) is 0 Å². The van der Waals surface area contributed by atoms with Crippen molar-refractivity contribution < 1.29 is 8.78 Å². The van der Waals surface area contributed by atoms with Crippen LogP contribution in [-0.4, -0.2) is 24.5 Å². The summed E-state index contributed by atoms with van der Waals surface area (Å²) in [6.45, 7) is 6.88. The first-order chi connectivity index (χ1) is 8.65. The Hall–Kier alpha value is -1.40. The molecule has 0 aromatic heterocycles. The molecule has 0 saturated heterocycles. The van der Waals surface area contributed by atoms with Crippen molar-refractivity contribution in [1.82, 2.24) is 4.90 Å². The molecule has 1 aromatic carbocycles. The van der Waals surface area contributed by atoms with E-state index in [4.69, 9.17) is 0 Å². The molecule has 0 amide bonds. The van der Waals surface area contributed by atoms with Gasteiger partial charge in [0.05, 0.1) is 6.54 Å². The Morgan fingerprint density at radius 2 is 1.56 bits per heavy atom. The van der Waals surface area contributed by atoms with Crippen LogP contribution in [0, 0.1) is 23.5 Å². The van der Waals surface area contributed by atoms with Gasteiger partial charge in [-0.1, -0.05) is 25.7 Å². The zero-order valence-corrected chi connectivity index (χ0v) is 11.0. The summed E-state index contributed by atoms with van der Waals surface area (Å²) in [4.78, 5) is 2.24. The summed E-state index contributed by atoms with van der Waals surface area (Å²) in [5.41, 5.74) is 0.389. The van der Waals surface area contributed by atoms with Gasteiger partial charge in [-0.25, -0.2) is 8.78 Å². The van der Waals surface area contributed by atoms with Crippen molar-refractivity contribution in [2.24, 2.45) is 0 Å². The SMILES string of the molecule is CCCN(CC#Cc1cc(F)cc(F)c1)CCC. The Morgan fingerprint density at radius 3 is 2.06 bits per heavy atom. The maximum Gasteiger partial charge on any atom is 0.127 e. The topological polar surface area (TPSA) is 3.24 Å². The minimum absolute atomic E-state index is 0.389. The maximum atomic E-state index is 12.9. The van der Waals surface area contributed by atoms with Crippen LogP contribution in [0.4, 0.5) is 8.78 Å². The lowest BCUT2D eigenvalue weighted by Gasteiger charge is -2.17. The average molecular weight is 251 g/mol. The summed E-state index contributed by atoms with van der Waals surface area (Å²) >= 11 is 0. The third-order valence-corrected chi connectivity index (χ3v) is 2.48. The first-order valence-electron chi connectivity index (χ1n) is 6.33. The Balaban J connectivity index is 2.63. The number of rotatable bonds is 5. The first kappa shape index (κ1) is 14.7. The van der Waals surface area contributed by atoms with Gasteiger partial charge in [0.15, 0.2) is 0 Å². The monoisotopic (exact) mass is 251 g/mol. The molecule has 1 aromatic rings. The highest BCUT2D eigenvalue weighted by Gasteiger charge is 2.00. The molecule has 0 aliphatic carbocycles. The Bertz CT molecular complexity index is 406. The largest absolute Gasteiger partial charge is 0.292 e. The van der Waals surface area contributed by atoms with E-state index >= 15 is 0 Å². The van der Waals surface area contributed by atoms with E-state index in [0.29, 0.717) is 12.1 Å². The molecule has 98 valence electrons. The zero-order chi connectivity index (χ0) is 13.4. The minimum atomic E-state index is -0.585. The minimum Gasteiger partial charge on any atom is -0.292 e. The highest BCUT2D eigenvalue weighted by molar-refractivity contribution is 5.35. The zero-order valence-electron chi connectivity index (χ0n) is 11.0. The van der Waals surface area contributed by atoms with Crippen molar-refractivity contribution in [2.75, 3.05) is 19.6 Å². The molecule has 0 unspecified atom stereocenters. The van der Waals surface area contributed by atoms with Crippen LogP contribution in [0.15, 0.2) is 18.2 Å². The molecule has 0 aliphatic rings. The van der Waals surface area contributed by atoms with E-state index in [2.05, 4.69) is 30.6 Å². The summed E-state index contributed by atoms with van der Waals surface area (Å²) in [5, 5.41) is 0. The smallest absolute Gasteiger partial charge is 0.127 e. The molecule has 0 bridgehead atoms. The standard InChI is InChI=1S/C15H19F2N/c1-3-7-18(8-4-2)9-5-6-13-10-14(16)12-15(17)11-13/h10-12H,3-4,7-9H2,1-2H3. The van der Waals surface area contributed by atoms with Gasteiger partial charge in [-0.2, -0.15) is 0 Å². The molecular weight excluding hydrogens is 232 g/mol. The molecule has 0 heterocycles. The van der Waals surface area contributed by atoms with Crippen molar-refractivity contribution in [3.05, 3.63) is 35.4 Å². The van der Waals surface area contributed by atoms with Gasteiger partial charge in [0, 0.05) is 11.6 Å². The molecular formula is C15H19F2N. The molecule has 0 N–H and O–H groups in total. The fourth-order valence-corrected chi connectivity index (χ4v) is 1.78. The molecule has 0 spiro atoms. The highest BCUT2D eigenvalue weighted by Crippen LogP contribution is 2.06. The van der Waals surface area contributed by atoms with Crippen LogP contribution in [0.5, 0.6) is 0 Å². The fraction of sp³-hybridized carbons (Fsp3) is 0.467. The summed E-state index contributed by atoms with van der Waals surface area (Å²) in [7, 11) is 0. The Kier molecular flexibility index (Phi) is 6.38. The summed E-state index contributed by atoms with van der Waals surface area (Å²) < 4.78 is 25.9. The molecule has 0 atom stereocenters. The van der Waals surface area contributed by atoms with E-state index in [1.165, 1.54) is 12.1 Å². The van der Waals surface area contributed by atoms with Crippen molar-refractivity contribution in [1.29, 1.82) is 0 Å². The lowest BCUT2D eigenvalue weighted by atomic mass is 10.2. The Labute approximate surface area is 108 Å². The molecule has 18 heavy (non-hydrogen) atoms. The van der Waals surface area contributed by atoms with Gasteiger partial charge in [0.2, 0.25) is 0 Å². The van der Waals surface area contributed by atoms with Crippen LogP contribution >= 0.6 is 0 Å². The quantitative estimate of drug-likeness (QED) is 0.725.